The van der Waals surface area contributed by atoms with E-state index in [4.69, 9.17) is 19.3 Å². The molecule has 0 aromatic heterocycles. The van der Waals surface area contributed by atoms with Crippen molar-refractivity contribution < 1.29 is 28.3 Å². The lowest BCUT2D eigenvalue weighted by atomic mass is 10.1. The fourth-order valence-electron chi connectivity index (χ4n) is 1.85. The molecule has 1 aromatic carbocycles. The lowest BCUT2D eigenvalue weighted by Crippen LogP contribution is -2.28. The van der Waals surface area contributed by atoms with Crippen molar-refractivity contribution >= 4 is 7.82 Å². The fraction of sp³-hybridized carbons (Fsp3) is 0.500. The minimum Gasteiger partial charge on any atom is -0.454 e. The number of nitrogens with one attached hydrogen (secondary N) is 1. The van der Waals surface area contributed by atoms with Gasteiger partial charge in [-0.05, 0) is 37.5 Å². The van der Waals surface area contributed by atoms with Crippen molar-refractivity contribution in [2.45, 2.75) is 25.8 Å². The summed E-state index contributed by atoms with van der Waals surface area (Å²) in [5.41, 5.74) is 1.12. The molecule has 1 atom stereocenters. The number of phosphoric acid groups is 1. The van der Waals surface area contributed by atoms with Crippen LogP contribution in [0.1, 0.15) is 18.9 Å². The highest BCUT2D eigenvalue weighted by Gasteiger charge is 2.15. The molecule has 0 bridgehead atoms. The number of phosphoric ester groups is 1. The summed E-state index contributed by atoms with van der Waals surface area (Å²) in [7, 11) is -4.40. The Hall–Kier alpha value is -1.11. The maximum absolute atomic E-state index is 10.5. The first kappa shape index (κ1) is 15.3. The smallest absolute Gasteiger partial charge is 0.454 e. The molecule has 8 heteroatoms. The molecule has 1 aromatic rings. The maximum atomic E-state index is 10.5. The van der Waals surface area contributed by atoms with Gasteiger partial charge in [0.1, 0.15) is 6.73 Å². The summed E-state index contributed by atoms with van der Waals surface area (Å²) >= 11 is 0. The zero-order chi connectivity index (χ0) is 14.6. The van der Waals surface area contributed by atoms with Crippen molar-refractivity contribution in [3.63, 3.8) is 0 Å². The van der Waals surface area contributed by atoms with E-state index < -0.39 is 7.82 Å². The predicted molar refractivity (Wildman–Crippen MR) is 71.5 cm³/mol. The maximum Gasteiger partial charge on any atom is 0.470 e. The molecule has 1 aliphatic rings. The van der Waals surface area contributed by atoms with Crippen LogP contribution in [0.4, 0.5) is 0 Å². The van der Waals surface area contributed by atoms with Gasteiger partial charge in [0.2, 0.25) is 6.79 Å². The van der Waals surface area contributed by atoms with E-state index in [1.54, 1.807) is 0 Å². The Balaban J connectivity index is 1.73. The topological polar surface area (TPSA) is 97.2 Å². The van der Waals surface area contributed by atoms with Crippen LogP contribution in [0.5, 0.6) is 11.5 Å². The van der Waals surface area contributed by atoms with Crippen molar-refractivity contribution in [1.29, 1.82) is 0 Å². The van der Waals surface area contributed by atoms with E-state index >= 15 is 0 Å². The Morgan fingerprint density at radius 3 is 2.90 bits per heavy atom. The average Bonchev–Trinajstić information content (AvgIpc) is 2.82. The molecule has 0 amide bonds. The summed E-state index contributed by atoms with van der Waals surface area (Å²) in [6.45, 7) is 2.01. The second-order valence-corrected chi connectivity index (χ2v) is 5.83. The van der Waals surface area contributed by atoms with Crippen LogP contribution in [0.25, 0.3) is 0 Å². The van der Waals surface area contributed by atoms with Crippen molar-refractivity contribution in [3.8, 4) is 11.5 Å². The summed E-state index contributed by atoms with van der Waals surface area (Å²) in [4.78, 5) is 17.1. The monoisotopic (exact) mass is 303 g/mol. The van der Waals surface area contributed by atoms with Gasteiger partial charge in [0.15, 0.2) is 11.5 Å². The lowest BCUT2D eigenvalue weighted by molar-refractivity contribution is 0.173. The highest BCUT2D eigenvalue weighted by Crippen LogP contribution is 2.35. The van der Waals surface area contributed by atoms with Crippen LogP contribution < -0.4 is 14.8 Å². The quantitative estimate of drug-likeness (QED) is 0.517. The van der Waals surface area contributed by atoms with Crippen molar-refractivity contribution in [3.05, 3.63) is 23.8 Å². The van der Waals surface area contributed by atoms with Gasteiger partial charge in [-0.15, -0.1) is 0 Å². The molecule has 0 aliphatic carbocycles. The van der Waals surface area contributed by atoms with Crippen molar-refractivity contribution in [2.75, 3.05) is 13.5 Å². The molecule has 1 aliphatic heterocycles. The van der Waals surface area contributed by atoms with Gasteiger partial charge < -0.3 is 19.3 Å². The number of rotatable bonds is 7. The Labute approximate surface area is 117 Å². The van der Waals surface area contributed by atoms with E-state index in [9.17, 15) is 4.57 Å². The van der Waals surface area contributed by atoms with Crippen molar-refractivity contribution in [2.24, 2.45) is 0 Å². The zero-order valence-corrected chi connectivity index (χ0v) is 12.0. The first-order valence-corrected chi connectivity index (χ1v) is 7.79. The first-order valence-electron chi connectivity index (χ1n) is 6.26. The molecule has 0 saturated heterocycles. The van der Waals surface area contributed by atoms with Gasteiger partial charge >= 0.3 is 7.82 Å². The molecule has 2 rings (SSSR count). The molecular formula is C12H18NO6P. The van der Waals surface area contributed by atoms with Gasteiger partial charge in [0, 0.05) is 6.04 Å². The van der Waals surface area contributed by atoms with E-state index in [2.05, 4.69) is 9.84 Å². The van der Waals surface area contributed by atoms with Crippen LogP contribution in [-0.2, 0) is 15.5 Å². The molecule has 112 valence electrons. The Bertz CT molecular complexity index is 503. The third-order valence-corrected chi connectivity index (χ3v) is 3.43. The summed E-state index contributed by atoms with van der Waals surface area (Å²) in [6.07, 6.45) is 1.63. The van der Waals surface area contributed by atoms with Gasteiger partial charge in [0.05, 0.1) is 0 Å². The normalized spacial score (nSPS) is 15.3. The van der Waals surface area contributed by atoms with Crippen LogP contribution in [-0.4, -0.2) is 29.4 Å². The molecule has 20 heavy (non-hydrogen) atoms. The highest BCUT2D eigenvalue weighted by molar-refractivity contribution is 7.46. The van der Waals surface area contributed by atoms with Gasteiger partial charge in [-0.2, -0.15) is 0 Å². The van der Waals surface area contributed by atoms with Crippen molar-refractivity contribution in [1.82, 2.24) is 5.32 Å². The van der Waals surface area contributed by atoms with Gasteiger partial charge in [-0.25, -0.2) is 4.57 Å². The van der Waals surface area contributed by atoms with Gasteiger partial charge in [-0.1, -0.05) is 6.07 Å². The summed E-state index contributed by atoms with van der Waals surface area (Å²) in [5, 5.41) is 2.89. The molecule has 0 fully saturated rings. The summed E-state index contributed by atoms with van der Waals surface area (Å²) in [6, 6.07) is 5.88. The van der Waals surface area contributed by atoms with Crippen LogP contribution >= 0.6 is 7.82 Å². The molecular weight excluding hydrogens is 285 g/mol. The van der Waals surface area contributed by atoms with Gasteiger partial charge in [0.25, 0.3) is 0 Å². The third kappa shape index (κ3) is 4.77. The minimum absolute atomic E-state index is 0.0759. The second-order valence-electron chi connectivity index (χ2n) is 4.60. The second kappa shape index (κ2) is 6.56. The summed E-state index contributed by atoms with van der Waals surface area (Å²) < 4.78 is 25.4. The SMILES string of the molecule is C[C@H](CCc1ccc2c(c1)OCO2)NCOP(=O)(O)O. The fourth-order valence-corrected chi connectivity index (χ4v) is 2.09. The van der Waals surface area contributed by atoms with E-state index in [1.807, 2.05) is 25.1 Å². The number of hydrogen-bond acceptors (Lipinski definition) is 5. The van der Waals surface area contributed by atoms with E-state index in [0.717, 1.165) is 29.9 Å². The molecule has 0 unspecified atom stereocenters. The molecule has 0 saturated carbocycles. The summed E-state index contributed by atoms with van der Waals surface area (Å²) in [5.74, 6) is 1.52. The Morgan fingerprint density at radius 1 is 1.40 bits per heavy atom. The predicted octanol–water partition coefficient (Wildman–Crippen LogP) is 1.39. The lowest BCUT2D eigenvalue weighted by Gasteiger charge is -2.14. The number of fused-ring (bicyclic) bond motifs is 1. The van der Waals surface area contributed by atoms with Crippen LogP contribution in [0.3, 0.4) is 0 Å². The Kier molecular flexibility index (Phi) is 5.01. The number of aryl methyl sites for hydroxylation is 1. The minimum atomic E-state index is -4.40. The number of hydrogen-bond donors (Lipinski definition) is 3. The molecule has 7 nitrogen and oxygen atoms in total. The highest BCUT2D eigenvalue weighted by atomic mass is 31.2. The standard InChI is InChI=1S/C12H18NO6P/c1-9(13-7-19-20(14,15)16)2-3-10-4-5-11-12(6-10)18-8-17-11/h4-6,9,13H,2-3,7-8H2,1H3,(H2,14,15,16)/t9-/m1/s1. The largest absolute Gasteiger partial charge is 0.470 e. The van der Waals surface area contributed by atoms with E-state index in [1.165, 1.54) is 0 Å². The Morgan fingerprint density at radius 2 is 2.15 bits per heavy atom. The van der Waals surface area contributed by atoms with E-state index in [0.29, 0.717) is 0 Å². The third-order valence-electron chi connectivity index (χ3n) is 2.97. The molecule has 3 N–H and O–H groups in total. The molecule has 1 heterocycles. The van der Waals surface area contributed by atoms with Crippen LogP contribution in [0.15, 0.2) is 18.2 Å². The van der Waals surface area contributed by atoms with Gasteiger partial charge in [-0.3, -0.25) is 9.84 Å². The average molecular weight is 303 g/mol. The van der Waals surface area contributed by atoms with Crippen LogP contribution in [0, 0.1) is 0 Å². The number of benzene rings is 1. The number of ether oxygens (including phenoxy) is 2. The van der Waals surface area contributed by atoms with E-state index in [-0.39, 0.29) is 19.6 Å². The zero-order valence-electron chi connectivity index (χ0n) is 11.1. The molecule has 0 spiro atoms. The molecule has 0 radical (unpaired) electrons. The van der Waals surface area contributed by atoms with Crippen LogP contribution in [0.2, 0.25) is 0 Å². The first-order chi connectivity index (χ1) is 9.44.